The van der Waals surface area contributed by atoms with E-state index >= 15 is 0 Å². The topological polar surface area (TPSA) is 17.8 Å². The lowest BCUT2D eigenvalue weighted by Gasteiger charge is -2.10. The molecule has 1 aliphatic heterocycles. The van der Waals surface area contributed by atoms with Gasteiger partial charge in [-0.05, 0) is 44.4 Å². The highest BCUT2D eigenvalue weighted by atomic mass is 32.2. The molecule has 0 saturated heterocycles. The maximum absolute atomic E-state index is 4.64. The Morgan fingerprint density at radius 3 is 2.72 bits per heavy atom. The minimum absolute atomic E-state index is 0.625. The van der Waals surface area contributed by atoms with E-state index in [1.807, 2.05) is 11.8 Å². The van der Waals surface area contributed by atoms with Gasteiger partial charge in [0.2, 0.25) is 0 Å². The number of hydrogen-bond acceptors (Lipinski definition) is 2. The number of benzene rings is 1. The van der Waals surface area contributed by atoms with E-state index < -0.39 is 0 Å². The molecule has 1 aromatic carbocycles. The van der Waals surface area contributed by atoms with Gasteiger partial charge in [0.25, 0.3) is 0 Å². The maximum atomic E-state index is 4.64. The molecular formula is C15H18N2S. The molecule has 0 N–H and O–H groups in total. The quantitative estimate of drug-likeness (QED) is 0.820. The van der Waals surface area contributed by atoms with Gasteiger partial charge >= 0.3 is 0 Å². The highest BCUT2D eigenvalue weighted by molar-refractivity contribution is 8.00. The van der Waals surface area contributed by atoms with Crippen LogP contribution in [0.5, 0.6) is 0 Å². The molecule has 2 heterocycles. The fraction of sp³-hybridized carbons (Fsp3) is 0.400. The minimum atomic E-state index is 0.625. The van der Waals surface area contributed by atoms with Crippen LogP contribution in [0.4, 0.5) is 0 Å². The lowest BCUT2D eigenvalue weighted by atomic mass is 10.1. The third-order valence-corrected chi connectivity index (χ3v) is 5.13. The molecule has 0 amide bonds. The Hall–Kier alpha value is -1.22. The SMILES string of the molecule is Cc1nn(CC2Cc3ccccc3S2)c(C)c1C. The first kappa shape index (κ1) is 11.8. The summed E-state index contributed by atoms with van der Waals surface area (Å²) >= 11 is 1.99. The van der Waals surface area contributed by atoms with Gasteiger partial charge in [0.15, 0.2) is 0 Å². The minimum Gasteiger partial charge on any atom is -0.268 e. The van der Waals surface area contributed by atoms with Crippen LogP contribution in [0.1, 0.15) is 22.5 Å². The van der Waals surface area contributed by atoms with Gasteiger partial charge in [0.1, 0.15) is 0 Å². The molecule has 1 unspecified atom stereocenters. The number of aryl methyl sites for hydroxylation is 1. The number of nitrogens with zero attached hydrogens (tertiary/aromatic N) is 2. The van der Waals surface area contributed by atoms with Crippen molar-refractivity contribution in [1.82, 2.24) is 9.78 Å². The van der Waals surface area contributed by atoms with E-state index in [4.69, 9.17) is 0 Å². The van der Waals surface area contributed by atoms with Crippen LogP contribution in [0.2, 0.25) is 0 Å². The van der Waals surface area contributed by atoms with Gasteiger partial charge in [0.05, 0.1) is 12.2 Å². The lowest BCUT2D eigenvalue weighted by molar-refractivity contribution is 0.576. The van der Waals surface area contributed by atoms with E-state index in [2.05, 4.69) is 54.8 Å². The number of thioether (sulfide) groups is 1. The number of fused-ring (bicyclic) bond motifs is 1. The van der Waals surface area contributed by atoms with Crippen molar-refractivity contribution in [3.05, 3.63) is 46.8 Å². The van der Waals surface area contributed by atoms with Crippen molar-refractivity contribution in [3.8, 4) is 0 Å². The van der Waals surface area contributed by atoms with Crippen molar-refractivity contribution < 1.29 is 0 Å². The van der Waals surface area contributed by atoms with E-state index in [0.717, 1.165) is 18.7 Å². The third kappa shape index (κ3) is 1.97. The van der Waals surface area contributed by atoms with Gasteiger partial charge in [-0.2, -0.15) is 5.10 Å². The highest BCUT2D eigenvalue weighted by Crippen LogP contribution is 2.37. The fourth-order valence-corrected chi connectivity index (χ4v) is 3.81. The summed E-state index contributed by atoms with van der Waals surface area (Å²) in [6.07, 6.45) is 1.16. The largest absolute Gasteiger partial charge is 0.268 e. The Bertz CT molecular complexity index is 561. The highest BCUT2D eigenvalue weighted by Gasteiger charge is 2.23. The number of aromatic nitrogens is 2. The predicted octanol–water partition coefficient (Wildman–Crippen LogP) is 3.53. The molecular weight excluding hydrogens is 240 g/mol. The molecule has 0 saturated carbocycles. The van der Waals surface area contributed by atoms with E-state index in [1.54, 1.807) is 0 Å². The first-order chi connectivity index (χ1) is 8.65. The smallest absolute Gasteiger partial charge is 0.0625 e. The molecule has 3 heteroatoms. The van der Waals surface area contributed by atoms with Gasteiger partial charge in [-0.25, -0.2) is 0 Å². The van der Waals surface area contributed by atoms with Crippen LogP contribution in [0.3, 0.4) is 0 Å². The van der Waals surface area contributed by atoms with Gasteiger partial charge in [-0.3, -0.25) is 4.68 Å². The molecule has 1 aromatic heterocycles. The second-order valence-corrected chi connectivity index (χ2v) is 6.37. The van der Waals surface area contributed by atoms with Crippen molar-refractivity contribution in [3.63, 3.8) is 0 Å². The summed E-state index contributed by atoms with van der Waals surface area (Å²) in [5.41, 5.74) is 5.29. The Kier molecular flexibility index (Phi) is 2.94. The van der Waals surface area contributed by atoms with Crippen molar-refractivity contribution in [2.75, 3.05) is 0 Å². The van der Waals surface area contributed by atoms with Crippen LogP contribution >= 0.6 is 11.8 Å². The Labute approximate surface area is 112 Å². The predicted molar refractivity (Wildman–Crippen MR) is 76.2 cm³/mol. The van der Waals surface area contributed by atoms with Crippen LogP contribution in [0.15, 0.2) is 29.2 Å². The summed E-state index contributed by atoms with van der Waals surface area (Å²) in [4.78, 5) is 1.45. The molecule has 1 atom stereocenters. The first-order valence-electron chi connectivity index (χ1n) is 6.40. The standard InChI is InChI=1S/C15H18N2S/c1-10-11(2)16-17(12(10)3)9-14-8-13-6-4-5-7-15(13)18-14/h4-7,14H,8-9H2,1-3H3. The van der Waals surface area contributed by atoms with Crippen LogP contribution in [-0.4, -0.2) is 15.0 Å². The zero-order valence-electron chi connectivity index (χ0n) is 11.1. The first-order valence-corrected chi connectivity index (χ1v) is 7.28. The van der Waals surface area contributed by atoms with Crippen LogP contribution in [0.25, 0.3) is 0 Å². The van der Waals surface area contributed by atoms with Gasteiger partial charge in [-0.15, -0.1) is 11.8 Å². The summed E-state index contributed by atoms with van der Waals surface area (Å²) in [6, 6.07) is 8.73. The molecule has 0 fully saturated rings. The van der Waals surface area contributed by atoms with E-state index in [9.17, 15) is 0 Å². The molecule has 0 bridgehead atoms. The summed E-state index contributed by atoms with van der Waals surface area (Å²) in [7, 11) is 0. The Balaban J connectivity index is 1.78. The zero-order chi connectivity index (χ0) is 12.7. The Morgan fingerprint density at radius 2 is 2.06 bits per heavy atom. The summed E-state index contributed by atoms with van der Waals surface area (Å²) in [5.74, 6) is 0. The molecule has 2 nitrogen and oxygen atoms in total. The van der Waals surface area contributed by atoms with Crippen LogP contribution in [-0.2, 0) is 13.0 Å². The van der Waals surface area contributed by atoms with E-state index in [1.165, 1.54) is 21.7 Å². The molecule has 1 aliphatic rings. The molecule has 3 rings (SSSR count). The van der Waals surface area contributed by atoms with Gasteiger partial charge < -0.3 is 0 Å². The number of rotatable bonds is 2. The van der Waals surface area contributed by atoms with Crippen molar-refractivity contribution >= 4 is 11.8 Å². The third-order valence-electron chi connectivity index (χ3n) is 3.83. The Morgan fingerprint density at radius 1 is 1.28 bits per heavy atom. The number of hydrogen-bond donors (Lipinski definition) is 0. The van der Waals surface area contributed by atoms with Crippen LogP contribution < -0.4 is 0 Å². The van der Waals surface area contributed by atoms with E-state index in [0.29, 0.717) is 5.25 Å². The normalized spacial score (nSPS) is 18.1. The molecule has 0 aliphatic carbocycles. The second-order valence-electron chi connectivity index (χ2n) is 5.03. The molecule has 0 radical (unpaired) electrons. The fourth-order valence-electron chi connectivity index (χ4n) is 2.51. The van der Waals surface area contributed by atoms with Gasteiger partial charge in [-0.1, -0.05) is 18.2 Å². The van der Waals surface area contributed by atoms with Crippen LogP contribution in [0, 0.1) is 20.8 Å². The maximum Gasteiger partial charge on any atom is 0.0625 e. The molecule has 94 valence electrons. The van der Waals surface area contributed by atoms with Gasteiger partial charge in [0, 0.05) is 15.8 Å². The lowest BCUT2D eigenvalue weighted by Crippen LogP contribution is -2.14. The monoisotopic (exact) mass is 258 g/mol. The zero-order valence-corrected chi connectivity index (χ0v) is 11.9. The second kappa shape index (κ2) is 4.47. The van der Waals surface area contributed by atoms with E-state index in [-0.39, 0.29) is 0 Å². The average Bonchev–Trinajstić information content (AvgIpc) is 2.87. The summed E-state index contributed by atoms with van der Waals surface area (Å²) in [6.45, 7) is 7.43. The summed E-state index contributed by atoms with van der Waals surface area (Å²) < 4.78 is 2.17. The summed E-state index contributed by atoms with van der Waals surface area (Å²) in [5, 5.41) is 5.26. The van der Waals surface area contributed by atoms with Crippen molar-refractivity contribution in [1.29, 1.82) is 0 Å². The molecule has 18 heavy (non-hydrogen) atoms. The average molecular weight is 258 g/mol. The molecule has 0 spiro atoms. The molecule has 2 aromatic rings. The van der Waals surface area contributed by atoms with Crippen molar-refractivity contribution in [2.45, 2.75) is 43.9 Å². The van der Waals surface area contributed by atoms with Crippen molar-refractivity contribution in [2.24, 2.45) is 0 Å².